The van der Waals surface area contributed by atoms with Crippen LogP contribution < -0.4 is 5.32 Å². The Hall–Kier alpha value is -1.34. The summed E-state index contributed by atoms with van der Waals surface area (Å²) >= 11 is 0. The number of likely N-dealkylation sites (tertiary alicyclic amines) is 1. The highest BCUT2D eigenvalue weighted by Crippen LogP contribution is 2.21. The first kappa shape index (κ1) is 22.0. The topological polar surface area (TPSA) is 71.1 Å². The van der Waals surface area contributed by atoms with Gasteiger partial charge in [0.1, 0.15) is 11.6 Å². The monoisotopic (exact) mass is 383 g/mol. The van der Waals surface area contributed by atoms with Crippen LogP contribution in [-0.4, -0.2) is 79.4 Å². The highest BCUT2D eigenvalue weighted by molar-refractivity contribution is 5.86. The van der Waals surface area contributed by atoms with Crippen LogP contribution in [0, 0.1) is 11.8 Å². The minimum Gasteiger partial charge on any atom is -0.444 e. The van der Waals surface area contributed by atoms with Gasteiger partial charge in [0.05, 0.1) is 13.2 Å². The van der Waals surface area contributed by atoms with Gasteiger partial charge in [-0.1, -0.05) is 13.8 Å². The maximum Gasteiger partial charge on any atom is 0.408 e. The predicted molar refractivity (Wildman–Crippen MR) is 105 cm³/mol. The van der Waals surface area contributed by atoms with Crippen LogP contribution in [0.2, 0.25) is 0 Å². The lowest BCUT2D eigenvalue weighted by Crippen LogP contribution is -2.54. The van der Waals surface area contributed by atoms with Gasteiger partial charge in [0, 0.05) is 32.7 Å². The molecule has 0 saturated carbocycles. The Morgan fingerprint density at radius 2 is 1.70 bits per heavy atom. The summed E-state index contributed by atoms with van der Waals surface area (Å²) in [5.74, 6) is 0.639. The van der Waals surface area contributed by atoms with E-state index in [2.05, 4.69) is 10.2 Å². The van der Waals surface area contributed by atoms with Gasteiger partial charge in [0.2, 0.25) is 5.91 Å². The number of rotatable bonds is 5. The zero-order valence-electron chi connectivity index (χ0n) is 17.6. The second-order valence-electron chi connectivity index (χ2n) is 9.05. The zero-order valence-corrected chi connectivity index (χ0v) is 17.6. The molecule has 7 heteroatoms. The maximum absolute atomic E-state index is 13.0. The van der Waals surface area contributed by atoms with Crippen molar-refractivity contribution in [1.29, 1.82) is 0 Å². The van der Waals surface area contributed by atoms with E-state index in [4.69, 9.17) is 9.47 Å². The normalized spacial score (nSPS) is 21.2. The van der Waals surface area contributed by atoms with E-state index >= 15 is 0 Å². The predicted octanol–water partition coefficient (Wildman–Crippen LogP) is 2.11. The SMILES string of the molecule is CC(C)C(NC(=O)OC(C)(C)C)C(=O)N1CCC(CN2CCOCC2)CC1. The second kappa shape index (κ2) is 9.73. The van der Waals surface area contributed by atoms with Crippen LogP contribution >= 0.6 is 0 Å². The molecule has 156 valence electrons. The molecule has 0 aromatic heterocycles. The quantitative estimate of drug-likeness (QED) is 0.787. The summed E-state index contributed by atoms with van der Waals surface area (Å²) in [5, 5.41) is 2.77. The van der Waals surface area contributed by atoms with Gasteiger partial charge < -0.3 is 19.7 Å². The fraction of sp³-hybridized carbons (Fsp3) is 0.900. The molecule has 0 aromatic carbocycles. The van der Waals surface area contributed by atoms with Crippen molar-refractivity contribution in [3.63, 3.8) is 0 Å². The fourth-order valence-electron chi connectivity index (χ4n) is 3.63. The maximum atomic E-state index is 13.0. The van der Waals surface area contributed by atoms with E-state index in [0.717, 1.165) is 58.8 Å². The van der Waals surface area contributed by atoms with Crippen LogP contribution in [0.5, 0.6) is 0 Å². The Balaban J connectivity index is 1.83. The van der Waals surface area contributed by atoms with E-state index in [1.165, 1.54) is 0 Å². The lowest BCUT2D eigenvalue weighted by atomic mass is 9.94. The van der Waals surface area contributed by atoms with Crippen LogP contribution in [0.3, 0.4) is 0 Å². The van der Waals surface area contributed by atoms with Crippen molar-refractivity contribution in [1.82, 2.24) is 15.1 Å². The minimum absolute atomic E-state index is 0.000631. The van der Waals surface area contributed by atoms with Crippen molar-refractivity contribution in [2.45, 2.75) is 59.1 Å². The molecule has 7 nitrogen and oxygen atoms in total. The van der Waals surface area contributed by atoms with Gasteiger partial charge in [-0.25, -0.2) is 4.79 Å². The van der Waals surface area contributed by atoms with Gasteiger partial charge in [0.25, 0.3) is 0 Å². The summed E-state index contributed by atoms with van der Waals surface area (Å²) in [6.07, 6.45) is 1.50. The largest absolute Gasteiger partial charge is 0.444 e. The van der Waals surface area contributed by atoms with Crippen LogP contribution in [0.1, 0.15) is 47.5 Å². The highest BCUT2D eigenvalue weighted by atomic mass is 16.6. The Labute approximate surface area is 163 Å². The molecule has 1 atom stereocenters. The zero-order chi connectivity index (χ0) is 20.0. The average Bonchev–Trinajstić information content (AvgIpc) is 2.59. The van der Waals surface area contributed by atoms with E-state index in [9.17, 15) is 9.59 Å². The number of morpholine rings is 1. The van der Waals surface area contributed by atoms with Gasteiger partial charge in [0.15, 0.2) is 0 Å². The van der Waals surface area contributed by atoms with Crippen LogP contribution in [0.4, 0.5) is 4.79 Å². The third kappa shape index (κ3) is 7.30. The van der Waals surface area contributed by atoms with E-state index < -0.39 is 17.7 Å². The summed E-state index contributed by atoms with van der Waals surface area (Å²) in [5.41, 5.74) is -0.577. The van der Waals surface area contributed by atoms with Crippen molar-refractivity contribution in [2.24, 2.45) is 11.8 Å². The molecule has 2 amide bonds. The van der Waals surface area contributed by atoms with Crippen LogP contribution in [-0.2, 0) is 14.3 Å². The van der Waals surface area contributed by atoms with Crippen LogP contribution in [0.25, 0.3) is 0 Å². The molecule has 2 aliphatic rings. The van der Waals surface area contributed by atoms with Gasteiger partial charge >= 0.3 is 6.09 Å². The Bertz CT molecular complexity index is 490. The molecule has 2 saturated heterocycles. The lowest BCUT2D eigenvalue weighted by molar-refractivity contribution is -0.136. The van der Waals surface area contributed by atoms with Crippen LogP contribution in [0.15, 0.2) is 0 Å². The van der Waals surface area contributed by atoms with Gasteiger partial charge in [-0.05, 0) is 45.4 Å². The number of amides is 2. The molecule has 2 fully saturated rings. The number of nitrogens with zero attached hydrogens (tertiary/aromatic N) is 2. The first-order chi connectivity index (χ1) is 12.7. The Morgan fingerprint density at radius 3 is 2.22 bits per heavy atom. The average molecular weight is 384 g/mol. The minimum atomic E-state index is -0.577. The molecular formula is C20H37N3O4. The van der Waals surface area contributed by atoms with Gasteiger partial charge in [-0.2, -0.15) is 0 Å². The van der Waals surface area contributed by atoms with Crippen molar-refractivity contribution < 1.29 is 19.1 Å². The second-order valence-corrected chi connectivity index (χ2v) is 9.05. The molecule has 0 spiro atoms. The molecule has 0 aliphatic carbocycles. The molecular weight excluding hydrogens is 346 g/mol. The van der Waals surface area contributed by atoms with Crippen molar-refractivity contribution in [3.8, 4) is 0 Å². The summed E-state index contributed by atoms with van der Waals surface area (Å²) in [6.45, 7) is 15.6. The fourth-order valence-corrected chi connectivity index (χ4v) is 3.63. The summed E-state index contributed by atoms with van der Waals surface area (Å²) in [6, 6.07) is -0.546. The number of hydrogen-bond donors (Lipinski definition) is 1. The van der Waals surface area contributed by atoms with E-state index in [1.807, 2.05) is 39.5 Å². The number of carbonyl (C=O) groups is 2. The van der Waals surface area contributed by atoms with Gasteiger partial charge in [-0.3, -0.25) is 9.69 Å². The molecule has 2 aliphatic heterocycles. The molecule has 0 aromatic rings. The van der Waals surface area contributed by atoms with Crippen molar-refractivity contribution in [2.75, 3.05) is 45.9 Å². The third-order valence-electron chi connectivity index (χ3n) is 5.15. The summed E-state index contributed by atoms with van der Waals surface area (Å²) in [7, 11) is 0. The molecule has 1 N–H and O–H groups in total. The van der Waals surface area contributed by atoms with Crippen molar-refractivity contribution >= 4 is 12.0 Å². The first-order valence-corrected chi connectivity index (χ1v) is 10.2. The number of piperidine rings is 1. The molecule has 2 rings (SSSR count). The first-order valence-electron chi connectivity index (χ1n) is 10.2. The van der Waals surface area contributed by atoms with Crippen molar-refractivity contribution in [3.05, 3.63) is 0 Å². The summed E-state index contributed by atoms with van der Waals surface area (Å²) in [4.78, 5) is 29.4. The third-order valence-corrected chi connectivity index (χ3v) is 5.15. The molecule has 0 bridgehead atoms. The highest BCUT2D eigenvalue weighted by Gasteiger charge is 2.32. The molecule has 0 radical (unpaired) electrons. The Morgan fingerprint density at radius 1 is 1.11 bits per heavy atom. The lowest BCUT2D eigenvalue weighted by Gasteiger charge is -2.38. The van der Waals surface area contributed by atoms with E-state index in [1.54, 1.807) is 0 Å². The molecule has 2 heterocycles. The molecule has 27 heavy (non-hydrogen) atoms. The number of nitrogens with one attached hydrogen (secondary N) is 1. The standard InChI is InChI=1S/C20H37N3O4/c1-15(2)17(21-19(25)27-20(3,4)5)18(24)23-8-6-16(7-9-23)14-22-10-12-26-13-11-22/h15-17H,6-14H2,1-5H3,(H,21,25). The number of ether oxygens (including phenoxy) is 2. The number of alkyl carbamates (subject to hydrolysis) is 1. The summed E-state index contributed by atoms with van der Waals surface area (Å²) < 4.78 is 10.7. The smallest absolute Gasteiger partial charge is 0.408 e. The van der Waals surface area contributed by atoms with E-state index in [0.29, 0.717) is 5.92 Å². The Kier molecular flexibility index (Phi) is 7.91. The molecule has 1 unspecified atom stereocenters. The number of carbonyl (C=O) groups excluding carboxylic acids is 2. The van der Waals surface area contributed by atoms with E-state index in [-0.39, 0.29) is 11.8 Å². The number of hydrogen-bond acceptors (Lipinski definition) is 5. The van der Waals surface area contributed by atoms with Gasteiger partial charge in [-0.15, -0.1) is 0 Å².